The molecule has 2 N–H and O–H groups in total. The van der Waals surface area contributed by atoms with Crippen LogP contribution in [0.5, 0.6) is 5.75 Å². The second kappa shape index (κ2) is 9.04. The molecule has 0 aliphatic carbocycles. The molecule has 2 aromatic heterocycles. The number of nitrogens with one attached hydrogen (secondary N) is 2. The Bertz CT molecular complexity index is 1030. The molecule has 0 spiro atoms. The molecular formula is C22H23ClN4O2S. The van der Waals surface area contributed by atoms with Crippen molar-refractivity contribution in [3.8, 4) is 5.75 Å². The summed E-state index contributed by atoms with van der Waals surface area (Å²) in [6.45, 7) is 2.97. The molecule has 0 unspecified atom stereocenters. The Labute approximate surface area is 186 Å². The van der Waals surface area contributed by atoms with E-state index in [2.05, 4.69) is 32.3 Å². The average molecular weight is 443 g/mol. The molecular weight excluding hydrogens is 420 g/mol. The highest BCUT2D eigenvalue weighted by molar-refractivity contribution is 7.80. The summed E-state index contributed by atoms with van der Waals surface area (Å²) in [5.41, 5.74) is 3.94. The van der Waals surface area contributed by atoms with Gasteiger partial charge in [0.15, 0.2) is 5.11 Å². The van der Waals surface area contributed by atoms with Gasteiger partial charge in [0.25, 0.3) is 0 Å². The number of rotatable bonds is 7. The topological polar surface area (TPSA) is 62.4 Å². The molecule has 1 saturated heterocycles. The van der Waals surface area contributed by atoms with Gasteiger partial charge in [-0.3, -0.25) is 4.98 Å². The first-order valence-electron chi connectivity index (χ1n) is 9.66. The molecule has 4 rings (SSSR count). The van der Waals surface area contributed by atoms with E-state index >= 15 is 0 Å². The maximum atomic E-state index is 6.51. The Morgan fingerprint density at radius 3 is 2.70 bits per heavy atom. The zero-order valence-corrected chi connectivity index (χ0v) is 18.3. The van der Waals surface area contributed by atoms with Crippen molar-refractivity contribution >= 4 is 34.6 Å². The predicted molar refractivity (Wildman–Crippen MR) is 122 cm³/mol. The normalized spacial score (nSPS) is 18.5. The van der Waals surface area contributed by atoms with Gasteiger partial charge in [0.05, 0.1) is 23.4 Å². The summed E-state index contributed by atoms with van der Waals surface area (Å²) in [6.07, 6.45) is 1.79. The molecule has 1 fully saturated rings. The third-order valence-electron chi connectivity index (χ3n) is 5.01. The molecule has 6 nitrogen and oxygen atoms in total. The largest absolute Gasteiger partial charge is 0.490 e. The van der Waals surface area contributed by atoms with Crippen LogP contribution in [-0.2, 0) is 4.74 Å². The van der Waals surface area contributed by atoms with Crippen LogP contribution in [-0.4, -0.2) is 35.4 Å². The second-order valence-electron chi connectivity index (χ2n) is 7.05. The summed E-state index contributed by atoms with van der Waals surface area (Å²) >= 11 is 12.2. The lowest BCUT2D eigenvalue weighted by molar-refractivity contribution is 0.146. The Morgan fingerprint density at radius 2 is 2.03 bits per heavy atom. The summed E-state index contributed by atoms with van der Waals surface area (Å²) in [4.78, 5) is 10.1. The molecule has 3 heterocycles. The lowest BCUT2D eigenvalue weighted by Gasteiger charge is -2.27. The van der Waals surface area contributed by atoms with Crippen LogP contribution in [0.3, 0.4) is 0 Å². The maximum absolute atomic E-state index is 6.51. The second-order valence-corrected chi connectivity index (χ2v) is 7.84. The van der Waals surface area contributed by atoms with Crippen molar-refractivity contribution in [3.63, 3.8) is 0 Å². The van der Waals surface area contributed by atoms with Gasteiger partial charge < -0.3 is 24.7 Å². The molecule has 2 atom stereocenters. The Morgan fingerprint density at radius 1 is 1.17 bits per heavy atom. The average Bonchev–Trinajstić information content (AvgIpc) is 3.33. The van der Waals surface area contributed by atoms with E-state index in [0.29, 0.717) is 29.1 Å². The number of pyridine rings is 1. The molecule has 156 valence electrons. The standard InChI is InChI=1S/C22H23ClN4O2S/c1-14-6-8-18(25-14)21-20(17-5-3-4-10-24-17)26-22(30)27(21)15-7-9-19(16(23)13-15)29-12-11-28-2/h3-10,13,20-21,25H,11-12H2,1-2H3,(H,26,30)/t20-,21-/m0/s1. The minimum absolute atomic E-state index is 0.0996. The fourth-order valence-electron chi connectivity index (χ4n) is 3.64. The number of aromatic amines is 1. The first kappa shape index (κ1) is 20.7. The van der Waals surface area contributed by atoms with Crippen LogP contribution in [0.15, 0.2) is 54.7 Å². The highest BCUT2D eigenvalue weighted by Crippen LogP contribution is 2.42. The lowest BCUT2D eigenvalue weighted by Crippen LogP contribution is -2.29. The smallest absolute Gasteiger partial charge is 0.174 e. The van der Waals surface area contributed by atoms with Gasteiger partial charge in [0, 0.05) is 30.4 Å². The van der Waals surface area contributed by atoms with Crippen molar-refractivity contribution in [3.05, 3.63) is 76.8 Å². The van der Waals surface area contributed by atoms with Gasteiger partial charge >= 0.3 is 0 Å². The van der Waals surface area contributed by atoms with Crippen molar-refractivity contribution < 1.29 is 9.47 Å². The van der Waals surface area contributed by atoms with Gasteiger partial charge in [-0.15, -0.1) is 0 Å². The number of aromatic nitrogens is 2. The number of benzene rings is 1. The van der Waals surface area contributed by atoms with Gasteiger partial charge in [-0.25, -0.2) is 0 Å². The summed E-state index contributed by atoms with van der Waals surface area (Å²) in [5.74, 6) is 0.615. The van der Waals surface area contributed by atoms with Gasteiger partial charge in [-0.05, 0) is 61.6 Å². The van der Waals surface area contributed by atoms with Crippen molar-refractivity contribution in [2.45, 2.75) is 19.0 Å². The molecule has 8 heteroatoms. The monoisotopic (exact) mass is 442 g/mol. The number of aryl methyl sites for hydroxylation is 1. The number of hydrogen-bond donors (Lipinski definition) is 2. The molecule has 0 radical (unpaired) electrons. The first-order valence-corrected chi connectivity index (χ1v) is 10.4. The molecule has 30 heavy (non-hydrogen) atoms. The van der Waals surface area contributed by atoms with E-state index in [1.165, 1.54) is 0 Å². The van der Waals surface area contributed by atoms with Crippen molar-refractivity contribution in [2.24, 2.45) is 0 Å². The van der Waals surface area contributed by atoms with Crippen LogP contribution in [0.1, 0.15) is 29.2 Å². The number of H-pyrrole nitrogens is 1. The Kier molecular flexibility index (Phi) is 6.22. The van der Waals surface area contributed by atoms with E-state index in [1.807, 2.05) is 43.3 Å². The van der Waals surface area contributed by atoms with Gasteiger partial charge in [0.1, 0.15) is 18.4 Å². The molecule has 0 amide bonds. The number of nitrogens with zero attached hydrogens (tertiary/aromatic N) is 2. The number of thiocarbonyl (C=S) groups is 1. The predicted octanol–water partition coefficient (Wildman–Crippen LogP) is 4.57. The van der Waals surface area contributed by atoms with Crippen molar-refractivity contribution in [1.29, 1.82) is 0 Å². The van der Waals surface area contributed by atoms with Crippen LogP contribution in [0.2, 0.25) is 5.02 Å². The van der Waals surface area contributed by atoms with Crippen molar-refractivity contribution in [2.75, 3.05) is 25.2 Å². The molecule has 1 aromatic carbocycles. The number of methoxy groups -OCH3 is 1. The molecule has 0 bridgehead atoms. The van der Waals surface area contributed by atoms with Crippen LogP contribution >= 0.6 is 23.8 Å². The maximum Gasteiger partial charge on any atom is 0.174 e. The minimum Gasteiger partial charge on any atom is -0.490 e. The van der Waals surface area contributed by atoms with E-state index in [9.17, 15) is 0 Å². The first-order chi connectivity index (χ1) is 14.6. The van der Waals surface area contributed by atoms with E-state index in [4.69, 9.17) is 33.3 Å². The van der Waals surface area contributed by atoms with Crippen LogP contribution in [0.4, 0.5) is 5.69 Å². The van der Waals surface area contributed by atoms with Gasteiger partial charge in [-0.2, -0.15) is 0 Å². The van der Waals surface area contributed by atoms with Gasteiger partial charge in [0.2, 0.25) is 0 Å². The summed E-state index contributed by atoms with van der Waals surface area (Å²) in [5, 5.41) is 4.58. The quantitative estimate of drug-likeness (QED) is 0.412. The van der Waals surface area contributed by atoms with E-state index in [1.54, 1.807) is 13.3 Å². The van der Waals surface area contributed by atoms with E-state index in [0.717, 1.165) is 22.8 Å². The highest BCUT2D eigenvalue weighted by Gasteiger charge is 2.41. The summed E-state index contributed by atoms with van der Waals surface area (Å²) < 4.78 is 10.7. The third kappa shape index (κ3) is 4.14. The highest BCUT2D eigenvalue weighted by atomic mass is 35.5. The van der Waals surface area contributed by atoms with Crippen LogP contribution in [0.25, 0.3) is 0 Å². The Hall–Kier alpha value is -2.61. The number of anilines is 1. The SMILES string of the molecule is COCCOc1ccc(N2C(=S)N[C@@H](c3ccccn3)[C@@H]2c2ccc(C)[nH]2)cc1Cl. The number of hydrogen-bond acceptors (Lipinski definition) is 4. The molecule has 0 saturated carbocycles. The fraction of sp³-hybridized carbons (Fsp3) is 0.273. The lowest BCUT2D eigenvalue weighted by atomic mass is 10.0. The third-order valence-corrected chi connectivity index (χ3v) is 5.62. The summed E-state index contributed by atoms with van der Waals surface area (Å²) in [6, 6.07) is 15.5. The van der Waals surface area contributed by atoms with E-state index in [-0.39, 0.29) is 12.1 Å². The molecule has 3 aromatic rings. The van der Waals surface area contributed by atoms with Gasteiger partial charge in [-0.1, -0.05) is 17.7 Å². The zero-order chi connectivity index (χ0) is 21.1. The fourth-order valence-corrected chi connectivity index (χ4v) is 4.21. The van der Waals surface area contributed by atoms with E-state index < -0.39 is 0 Å². The van der Waals surface area contributed by atoms with Crippen LogP contribution in [0, 0.1) is 6.92 Å². The van der Waals surface area contributed by atoms with Crippen LogP contribution < -0.4 is 15.0 Å². The molecule has 1 aliphatic heterocycles. The summed E-state index contributed by atoms with van der Waals surface area (Å²) in [7, 11) is 1.63. The van der Waals surface area contributed by atoms with Crippen molar-refractivity contribution in [1.82, 2.24) is 15.3 Å². The minimum atomic E-state index is -0.104. The number of halogens is 1. The zero-order valence-electron chi connectivity index (χ0n) is 16.8. The Balaban J connectivity index is 1.70. The molecule has 1 aliphatic rings. The number of ether oxygens (including phenoxy) is 2.